The Hall–Kier alpha value is -2.97. The van der Waals surface area contributed by atoms with Crippen molar-refractivity contribution in [1.29, 1.82) is 0 Å². The minimum Gasteiger partial charge on any atom is -0.494 e. The van der Waals surface area contributed by atoms with E-state index in [0.717, 1.165) is 11.3 Å². The van der Waals surface area contributed by atoms with Gasteiger partial charge in [-0.25, -0.2) is 13.6 Å². The van der Waals surface area contributed by atoms with Crippen LogP contribution in [0.4, 0.5) is 5.69 Å². The number of primary sulfonamides is 1. The van der Waals surface area contributed by atoms with Crippen molar-refractivity contribution >= 4 is 33.4 Å². The Balaban J connectivity index is 1.85. The van der Waals surface area contributed by atoms with Crippen molar-refractivity contribution < 1.29 is 17.9 Å². The Kier molecular flexibility index (Phi) is 5.11. The van der Waals surface area contributed by atoms with Crippen LogP contribution in [0.15, 0.2) is 64.1 Å². The van der Waals surface area contributed by atoms with E-state index in [2.05, 4.69) is 5.10 Å². The molecule has 27 heavy (non-hydrogen) atoms. The molecule has 0 saturated carbocycles. The van der Waals surface area contributed by atoms with E-state index < -0.39 is 10.0 Å². The lowest BCUT2D eigenvalue weighted by atomic mass is 10.1. The smallest absolute Gasteiger partial charge is 0.280 e. The summed E-state index contributed by atoms with van der Waals surface area (Å²) in [5.41, 5.74) is 2.35. The molecule has 2 aromatic rings. The Bertz CT molecular complexity index is 1020. The molecule has 1 heterocycles. The molecule has 0 fully saturated rings. The number of benzene rings is 2. The highest BCUT2D eigenvalue weighted by Gasteiger charge is 2.28. The summed E-state index contributed by atoms with van der Waals surface area (Å²) in [6.45, 7) is 4.25. The Morgan fingerprint density at radius 3 is 2.30 bits per heavy atom. The Morgan fingerprint density at radius 1 is 1.11 bits per heavy atom. The van der Waals surface area contributed by atoms with Crippen LogP contribution in [0.3, 0.4) is 0 Å². The first-order valence-electron chi connectivity index (χ1n) is 8.27. The molecule has 0 bridgehead atoms. The summed E-state index contributed by atoms with van der Waals surface area (Å²) >= 11 is 0. The Morgan fingerprint density at radius 2 is 1.74 bits per heavy atom. The number of sulfonamides is 1. The third kappa shape index (κ3) is 4.07. The predicted molar refractivity (Wildman–Crippen MR) is 104 cm³/mol. The van der Waals surface area contributed by atoms with Crippen LogP contribution in [0, 0.1) is 0 Å². The highest BCUT2D eigenvalue weighted by atomic mass is 32.2. The summed E-state index contributed by atoms with van der Waals surface area (Å²) in [5.74, 6) is 0.476. The first-order valence-corrected chi connectivity index (χ1v) is 9.81. The molecule has 3 rings (SSSR count). The molecule has 2 N–H and O–H groups in total. The van der Waals surface area contributed by atoms with Crippen molar-refractivity contribution in [1.82, 2.24) is 0 Å². The van der Waals surface area contributed by atoms with Crippen LogP contribution in [0.2, 0.25) is 0 Å². The summed E-state index contributed by atoms with van der Waals surface area (Å²) in [6, 6.07) is 13.1. The molecule has 0 spiro atoms. The van der Waals surface area contributed by atoms with Gasteiger partial charge in [-0.1, -0.05) is 12.1 Å². The topological polar surface area (TPSA) is 102 Å². The molecule has 0 aliphatic carbocycles. The van der Waals surface area contributed by atoms with Crippen molar-refractivity contribution in [2.45, 2.75) is 18.7 Å². The van der Waals surface area contributed by atoms with Crippen molar-refractivity contribution in [3.05, 3.63) is 59.7 Å². The summed E-state index contributed by atoms with van der Waals surface area (Å²) < 4.78 is 28.1. The number of carbonyl (C=O) groups is 1. The van der Waals surface area contributed by atoms with Gasteiger partial charge in [0.25, 0.3) is 5.91 Å². The molecule has 1 amide bonds. The highest BCUT2D eigenvalue weighted by Crippen LogP contribution is 2.26. The van der Waals surface area contributed by atoms with E-state index in [-0.39, 0.29) is 10.8 Å². The maximum absolute atomic E-state index is 12.7. The zero-order valence-corrected chi connectivity index (χ0v) is 15.7. The largest absolute Gasteiger partial charge is 0.494 e. The average molecular weight is 385 g/mol. The fourth-order valence-electron chi connectivity index (χ4n) is 2.63. The monoisotopic (exact) mass is 385 g/mol. The van der Waals surface area contributed by atoms with E-state index in [1.54, 1.807) is 13.0 Å². The third-order valence-corrected chi connectivity index (χ3v) is 4.90. The first-order chi connectivity index (χ1) is 12.8. The highest BCUT2D eigenvalue weighted by molar-refractivity contribution is 7.89. The van der Waals surface area contributed by atoms with Crippen molar-refractivity contribution in [3.63, 3.8) is 0 Å². The minimum atomic E-state index is -3.79. The quantitative estimate of drug-likeness (QED) is 0.799. The lowest BCUT2D eigenvalue weighted by Crippen LogP contribution is -2.21. The molecule has 2 aromatic carbocycles. The minimum absolute atomic E-state index is 0.0243. The SMILES string of the molecule is CCOc1ccc(C=C2C(=O)N(c3ccc(S(N)(=O)=O)cc3)N=C2C)cc1. The standard InChI is InChI=1S/C19H19N3O4S/c1-3-26-16-8-4-14(5-9-16)12-18-13(2)21-22(19(18)23)15-6-10-17(11-7-15)27(20,24)25/h4-12H,3H2,1-2H3,(H2,20,24,25). The second-order valence-corrected chi connectivity index (χ2v) is 7.46. The third-order valence-electron chi connectivity index (χ3n) is 3.97. The van der Waals surface area contributed by atoms with Crippen LogP contribution in [0.5, 0.6) is 5.75 Å². The number of hydrogen-bond donors (Lipinski definition) is 1. The van der Waals surface area contributed by atoms with Crippen LogP contribution in [0.1, 0.15) is 19.4 Å². The van der Waals surface area contributed by atoms with Gasteiger partial charge in [-0.15, -0.1) is 0 Å². The number of hydrogen-bond acceptors (Lipinski definition) is 5. The molecule has 0 radical (unpaired) electrons. The normalized spacial score (nSPS) is 16.0. The molecule has 0 atom stereocenters. The van der Waals surface area contributed by atoms with Gasteiger partial charge in [0.2, 0.25) is 10.0 Å². The molecule has 8 heteroatoms. The molecule has 7 nitrogen and oxygen atoms in total. The molecule has 1 aliphatic heterocycles. The van der Waals surface area contributed by atoms with Crippen LogP contribution in [0.25, 0.3) is 6.08 Å². The van der Waals surface area contributed by atoms with E-state index >= 15 is 0 Å². The number of carbonyl (C=O) groups excluding carboxylic acids is 1. The van der Waals surface area contributed by atoms with Gasteiger partial charge in [0.05, 0.1) is 28.5 Å². The second kappa shape index (κ2) is 7.34. The van der Waals surface area contributed by atoms with Gasteiger partial charge in [0, 0.05) is 0 Å². The number of amides is 1. The molecule has 140 valence electrons. The number of rotatable bonds is 5. The van der Waals surface area contributed by atoms with E-state index in [1.165, 1.54) is 29.3 Å². The number of anilines is 1. The van der Waals surface area contributed by atoms with Crippen molar-refractivity contribution in [2.75, 3.05) is 11.6 Å². The van der Waals surface area contributed by atoms with Gasteiger partial charge in [-0.2, -0.15) is 10.1 Å². The van der Waals surface area contributed by atoms with Gasteiger partial charge < -0.3 is 4.74 Å². The number of nitrogens with two attached hydrogens (primary N) is 1. The van der Waals surface area contributed by atoms with Crippen molar-refractivity contribution in [2.24, 2.45) is 10.2 Å². The maximum atomic E-state index is 12.7. The number of ether oxygens (including phenoxy) is 1. The second-order valence-electron chi connectivity index (χ2n) is 5.90. The molecule has 0 aromatic heterocycles. The molecule has 1 aliphatic rings. The zero-order valence-electron chi connectivity index (χ0n) is 14.9. The molecule has 0 saturated heterocycles. The first kappa shape index (κ1) is 18.8. The summed E-state index contributed by atoms with van der Waals surface area (Å²) in [6.07, 6.45) is 1.76. The van der Waals surface area contributed by atoms with Crippen LogP contribution >= 0.6 is 0 Å². The van der Waals surface area contributed by atoms with E-state index in [4.69, 9.17) is 9.88 Å². The van der Waals surface area contributed by atoms with Gasteiger partial charge in [-0.3, -0.25) is 4.79 Å². The van der Waals surface area contributed by atoms with Crippen LogP contribution in [-0.2, 0) is 14.8 Å². The predicted octanol–water partition coefficient (Wildman–Crippen LogP) is 2.54. The summed E-state index contributed by atoms with van der Waals surface area (Å²) in [7, 11) is -3.79. The lowest BCUT2D eigenvalue weighted by Gasteiger charge is -2.12. The molecule has 0 unspecified atom stereocenters. The summed E-state index contributed by atoms with van der Waals surface area (Å²) in [4.78, 5) is 12.7. The van der Waals surface area contributed by atoms with Crippen molar-refractivity contribution in [3.8, 4) is 5.75 Å². The number of hydrazone groups is 1. The van der Waals surface area contributed by atoms with Crippen LogP contribution in [-0.4, -0.2) is 26.6 Å². The van der Waals surface area contributed by atoms with Gasteiger partial charge >= 0.3 is 0 Å². The molecular weight excluding hydrogens is 366 g/mol. The van der Waals surface area contributed by atoms with Gasteiger partial charge in [0.15, 0.2) is 0 Å². The van der Waals surface area contributed by atoms with Gasteiger partial charge in [-0.05, 0) is 61.9 Å². The summed E-state index contributed by atoms with van der Waals surface area (Å²) in [5, 5.41) is 10.6. The average Bonchev–Trinajstić information content (AvgIpc) is 2.91. The van der Waals surface area contributed by atoms with E-state index in [9.17, 15) is 13.2 Å². The molecular formula is C19H19N3O4S. The van der Waals surface area contributed by atoms with Crippen LogP contribution < -0.4 is 14.9 Å². The van der Waals surface area contributed by atoms with E-state index in [1.807, 2.05) is 31.2 Å². The Labute approximate surface area is 157 Å². The zero-order chi connectivity index (χ0) is 19.6. The maximum Gasteiger partial charge on any atom is 0.280 e. The van der Waals surface area contributed by atoms with E-state index in [0.29, 0.717) is 23.6 Å². The number of nitrogens with zero attached hydrogens (tertiary/aromatic N) is 2. The fraction of sp³-hybridized carbons (Fsp3) is 0.158. The lowest BCUT2D eigenvalue weighted by molar-refractivity contribution is -0.114. The van der Waals surface area contributed by atoms with Gasteiger partial charge in [0.1, 0.15) is 5.75 Å². The fourth-order valence-corrected chi connectivity index (χ4v) is 3.15.